The summed E-state index contributed by atoms with van der Waals surface area (Å²) in [5.41, 5.74) is 0. The number of phenols is 1. The third-order valence-corrected chi connectivity index (χ3v) is 2.32. The van der Waals surface area contributed by atoms with Gasteiger partial charge in [-0.2, -0.15) is 13.2 Å². The largest absolute Gasteiger partial charge is 0.508 e. The Morgan fingerprint density at radius 2 is 1.69 bits per heavy atom. The Morgan fingerprint density at radius 1 is 1.15 bits per heavy atom. The molecule has 0 aliphatic rings. The Kier molecular flexibility index (Phi) is 3.08. The summed E-state index contributed by atoms with van der Waals surface area (Å²) in [5.74, 6) is -0.853. The van der Waals surface area contributed by atoms with E-state index in [9.17, 15) is 13.2 Å². The van der Waals surface area contributed by atoms with Gasteiger partial charge in [0.1, 0.15) is 5.75 Å². The van der Waals surface area contributed by atoms with Crippen molar-refractivity contribution in [3.8, 4) is 5.75 Å². The second kappa shape index (κ2) is 3.91. The minimum Gasteiger partial charge on any atom is -0.508 e. The molecular weight excluding hydrogens is 201 g/mol. The van der Waals surface area contributed by atoms with Crippen LogP contribution in [0.2, 0.25) is 0 Å². The van der Waals surface area contributed by atoms with Crippen LogP contribution in [0, 0.1) is 0 Å². The molecule has 13 heavy (non-hydrogen) atoms. The van der Waals surface area contributed by atoms with E-state index in [1.807, 2.05) is 0 Å². The van der Waals surface area contributed by atoms with Crippen molar-refractivity contribution in [2.45, 2.75) is 11.1 Å². The van der Waals surface area contributed by atoms with Gasteiger partial charge < -0.3 is 5.11 Å². The van der Waals surface area contributed by atoms with Crippen LogP contribution in [-0.2, 0) is 0 Å². The second-order valence-corrected chi connectivity index (χ2v) is 3.45. The van der Waals surface area contributed by atoms with Crippen LogP contribution in [0.3, 0.4) is 0 Å². The molecule has 1 N–H and O–H groups in total. The SMILES string of the molecule is Oc1ccc(SCC(F)(F)F)cc1. The average molecular weight is 208 g/mol. The van der Waals surface area contributed by atoms with Gasteiger partial charge >= 0.3 is 6.18 Å². The third-order valence-electron chi connectivity index (χ3n) is 1.24. The van der Waals surface area contributed by atoms with Gasteiger partial charge in [0.2, 0.25) is 0 Å². The Labute approximate surface area is 77.6 Å². The van der Waals surface area contributed by atoms with Crippen LogP contribution >= 0.6 is 11.8 Å². The average Bonchev–Trinajstić information content (AvgIpc) is 2.02. The lowest BCUT2D eigenvalue weighted by molar-refractivity contribution is -0.105. The quantitative estimate of drug-likeness (QED) is 0.754. The first-order valence-corrected chi connectivity index (χ1v) is 4.44. The molecule has 0 spiro atoms. The highest BCUT2D eigenvalue weighted by Crippen LogP contribution is 2.27. The van der Waals surface area contributed by atoms with Crippen LogP contribution < -0.4 is 0 Å². The minimum absolute atomic E-state index is 0.0522. The van der Waals surface area contributed by atoms with Crippen molar-refractivity contribution in [3.05, 3.63) is 24.3 Å². The summed E-state index contributed by atoms with van der Waals surface area (Å²) in [6.07, 6.45) is -4.15. The molecular formula is C8H7F3OS. The number of rotatable bonds is 2. The van der Waals surface area contributed by atoms with Crippen molar-refractivity contribution < 1.29 is 18.3 Å². The Balaban J connectivity index is 2.51. The first kappa shape index (κ1) is 10.2. The molecule has 1 aromatic carbocycles. The molecule has 1 aromatic rings. The lowest BCUT2D eigenvalue weighted by Crippen LogP contribution is -2.10. The predicted octanol–water partition coefficient (Wildman–Crippen LogP) is 3.05. The molecule has 0 aliphatic carbocycles. The predicted molar refractivity (Wildman–Crippen MR) is 44.9 cm³/mol. The summed E-state index contributed by atoms with van der Waals surface area (Å²) < 4.78 is 35.3. The van der Waals surface area contributed by atoms with E-state index < -0.39 is 11.9 Å². The van der Waals surface area contributed by atoms with Crippen LogP contribution in [0.1, 0.15) is 0 Å². The Bertz CT molecular complexity index is 268. The highest BCUT2D eigenvalue weighted by atomic mass is 32.2. The first-order valence-electron chi connectivity index (χ1n) is 3.46. The molecule has 0 aromatic heterocycles. The van der Waals surface area contributed by atoms with Gasteiger partial charge in [-0.1, -0.05) is 0 Å². The Hall–Kier alpha value is -0.840. The van der Waals surface area contributed by atoms with Gasteiger partial charge in [-0.3, -0.25) is 0 Å². The normalized spacial score (nSPS) is 11.6. The van der Waals surface area contributed by atoms with Crippen LogP contribution in [0.15, 0.2) is 29.2 Å². The van der Waals surface area contributed by atoms with E-state index in [1.54, 1.807) is 0 Å². The van der Waals surface area contributed by atoms with Crippen molar-refractivity contribution in [2.75, 3.05) is 5.75 Å². The molecule has 1 rings (SSSR count). The number of halogens is 3. The molecule has 0 heterocycles. The molecule has 5 heteroatoms. The van der Waals surface area contributed by atoms with Crippen molar-refractivity contribution in [1.29, 1.82) is 0 Å². The zero-order chi connectivity index (χ0) is 9.90. The van der Waals surface area contributed by atoms with Gasteiger partial charge in [-0.25, -0.2) is 0 Å². The van der Waals surface area contributed by atoms with E-state index >= 15 is 0 Å². The van der Waals surface area contributed by atoms with Crippen molar-refractivity contribution in [3.63, 3.8) is 0 Å². The zero-order valence-electron chi connectivity index (χ0n) is 6.51. The van der Waals surface area contributed by atoms with Gasteiger partial charge in [0, 0.05) is 4.90 Å². The molecule has 0 radical (unpaired) electrons. The topological polar surface area (TPSA) is 20.2 Å². The summed E-state index contributed by atoms with van der Waals surface area (Å²) in [6, 6.07) is 5.62. The fourth-order valence-corrected chi connectivity index (χ4v) is 1.37. The maximum absolute atomic E-state index is 11.8. The first-order chi connectivity index (χ1) is 5.97. The fourth-order valence-electron chi connectivity index (χ4n) is 0.708. The number of hydrogen-bond donors (Lipinski definition) is 1. The molecule has 1 nitrogen and oxygen atoms in total. The maximum atomic E-state index is 11.8. The van der Waals surface area contributed by atoms with E-state index in [-0.39, 0.29) is 5.75 Å². The van der Waals surface area contributed by atoms with Gasteiger partial charge in [0.05, 0.1) is 5.75 Å². The standard InChI is InChI=1S/C8H7F3OS/c9-8(10,11)5-13-7-3-1-6(12)2-4-7/h1-4,12H,5H2. The maximum Gasteiger partial charge on any atom is 0.398 e. The van der Waals surface area contributed by atoms with E-state index in [0.717, 1.165) is 0 Å². The van der Waals surface area contributed by atoms with E-state index in [1.165, 1.54) is 24.3 Å². The molecule has 0 amide bonds. The number of alkyl halides is 3. The van der Waals surface area contributed by atoms with E-state index in [0.29, 0.717) is 16.7 Å². The monoisotopic (exact) mass is 208 g/mol. The van der Waals surface area contributed by atoms with Gasteiger partial charge in [0.25, 0.3) is 0 Å². The molecule has 0 aliphatic heterocycles. The van der Waals surface area contributed by atoms with Crippen molar-refractivity contribution in [2.24, 2.45) is 0 Å². The number of hydrogen-bond acceptors (Lipinski definition) is 2. The summed E-state index contributed by atoms with van der Waals surface area (Å²) in [6.45, 7) is 0. The Morgan fingerprint density at radius 3 is 2.15 bits per heavy atom. The van der Waals surface area contributed by atoms with Gasteiger partial charge in [-0.05, 0) is 24.3 Å². The second-order valence-electron chi connectivity index (χ2n) is 2.40. The number of benzene rings is 1. The van der Waals surface area contributed by atoms with E-state index in [2.05, 4.69) is 0 Å². The van der Waals surface area contributed by atoms with Crippen LogP contribution in [0.5, 0.6) is 5.75 Å². The van der Waals surface area contributed by atoms with Gasteiger partial charge in [-0.15, -0.1) is 11.8 Å². The fraction of sp³-hybridized carbons (Fsp3) is 0.250. The van der Waals surface area contributed by atoms with Crippen LogP contribution in [-0.4, -0.2) is 17.0 Å². The van der Waals surface area contributed by atoms with Crippen molar-refractivity contribution >= 4 is 11.8 Å². The highest BCUT2D eigenvalue weighted by Gasteiger charge is 2.27. The molecule has 0 fully saturated rings. The lowest BCUT2D eigenvalue weighted by Gasteiger charge is -2.05. The lowest BCUT2D eigenvalue weighted by atomic mass is 10.3. The number of phenolic OH excluding ortho intramolecular Hbond substituents is 1. The summed E-state index contributed by atoms with van der Waals surface area (Å²) in [5, 5.41) is 8.85. The molecule has 0 bridgehead atoms. The zero-order valence-corrected chi connectivity index (χ0v) is 7.32. The molecule has 0 saturated carbocycles. The van der Waals surface area contributed by atoms with Crippen molar-refractivity contribution in [1.82, 2.24) is 0 Å². The minimum atomic E-state index is -4.15. The van der Waals surface area contributed by atoms with Crippen LogP contribution in [0.25, 0.3) is 0 Å². The summed E-state index contributed by atoms with van der Waals surface area (Å²) in [7, 11) is 0. The number of aromatic hydroxyl groups is 1. The summed E-state index contributed by atoms with van der Waals surface area (Å²) in [4.78, 5) is 0.495. The highest BCUT2D eigenvalue weighted by molar-refractivity contribution is 7.99. The smallest absolute Gasteiger partial charge is 0.398 e. The van der Waals surface area contributed by atoms with Gasteiger partial charge in [0.15, 0.2) is 0 Å². The molecule has 0 atom stereocenters. The number of thioether (sulfide) groups is 1. The van der Waals surface area contributed by atoms with E-state index in [4.69, 9.17) is 5.11 Å². The molecule has 0 saturated heterocycles. The molecule has 0 unspecified atom stereocenters. The third kappa shape index (κ3) is 4.07. The van der Waals surface area contributed by atoms with Crippen LogP contribution in [0.4, 0.5) is 13.2 Å². The summed E-state index contributed by atoms with van der Waals surface area (Å²) >= 11 is 0.700. The molecule has 72 valence electrons.